The van der Waals surface area contributed by atoms with E-state index in [1.807, 2.05) is 0 Å². The van der Waals surface area contributed by atoms with Crippen LogP contribution in [-0.2, 0) is 0 Å². The zero-order valence-electron chi connectivity index (χ0n) is 9.88. The highest BCUT2D eigenvalue weighted by molar-refractivity contribution is 7.99. The highest BCUT2D eigenvalue weighted by Crippen LogP contribution is 2.20. The van der Waals surface area contributed by atoms with Crippen LogP contribution in [0, 0.1) is 5.92 Å². The minimum absolute atomic E-state index is 0.758. The van der Waals surface area contributed by atoms with Gasteiger partial charge < -0.3 is 5.32 Å². The summed E-state index contributed by atoms with van der Waals surface area (Å²) in [6.07, 6.45) is 5.33. The van der Waals surface area contributed by atoms with Crippen molar-refractivity contribution in [2.24, 2.45) is 5.92 Å². The van der Waals surface area contributed by atoms with Gasteiger partial charge >= 0.3 is 0 Å². The molecule has 3 atom stereocenters. The van der Waals surface area contributed by atoms with Crippen molar-refractivity contribution < 1.29 is 0 Å². The molecule has 0 aromatic rings. The van der Waals surface area contributed by atoms with Crippen LogP contribution in [-0.4, -0.2) is 23.6 Å². The maximum atomic E-state index is 3.81. The van der Waals surface area contributed by atoms with Gasteiger partial charge in [0.25, 0.3) is 0 Å². The topological polar surface area (TPSA) is 12.0 Å². The Morgan fingerprint density at radius 1 is 1.36 bits per heavy atom. The lowest BCUT2D eigenvalue weighted by Gasteiger charge is -2.23. The van der Waals surface area contributed by atoms with Crippen molar-refractivity contribution >= 4 is 11.8 Å². The lowest BCUT2D eigenvalue weighted by molar-refractivity contribution is 0.358. The molecular formula is C12H25NS. The third-order valence-electron chi connectivity index (χ3n) is 3.28. The molecule has 0 saturated carbocycles. The number of thioether (sulfide) groups is 1. The molecule has 0 aliphatic carbocycles. The highest BCUT2D eigenvalue weighted by atomic mass is 32.2. The molecule has 1 nitrogen and oxygen atoms in total. The van der Waals surface area contributed by atoms with Gasteiger partial charge in [0.1, 0.15) is 0 Å². The number of rotatable bonds is 6. The predicted octanol–water partition coefficient (Wildman–Crippen LogP) is 3.30. The molecule has 1 rings (SSSR count). The Morgan fingerprint density at radius 3 is 2.64 bits per heavy atom. The number of hydrogen-bond acceptors (Lipinski definition) is 2. The van der Waals surface area contributed by atoms with E-state index in [0.29, 0.717) is 0 Å². The van der Waals surface area contributed by atoms with Gasteiger partial charge in [0.05, 0.1) is 0 Å². The van der Waals surface area contributed by atoms with Crippen molar-refractivity contribution in [3.8, 4) is 0 Å². The van der Waals surface area contributed by atoms with Crippen LogP contribution in [0.3, 0.4) is 0 Å². The van der Waals surface area contributed by atoms with Crippen molar-refractivity contribution in [1.29, 1.82) is 0 Å². The first-order valence-electron chi connectivity index (χ1n) is 6.10. The fourth-order valence-electron chi connectivity index (χ4n) is 2.00. The Hall–Kier alpha value is 0.310. The van der Waals surface area contributed by atoms with Gasteiger partial charge in [-0.05, 0) is 30.9 Å². The van der Waals surface area contributed by atoms with Gasteiger partial charge in [-0.25, -0.2) is 0 Å². The third kappa shape index (κ3) is 4.22. The van der Waals surface area contributed by atoms with Crippen molar-refractivity contribution in [1.82, 2.24) is 5.32 Å². The van der Waals surface area contributed by atoms with E-state index in [-0.39, 0.29) is 0 Å². The van der Waals surface area contributed by atoms with Crippen LogP contribution < -0.4 is 5.32 Å². The molecule has 1 aliphatic heterocycles. The number of nitrogens with one attached hydrogen (secondary N) is 1. The van der Waals surface area contributed by atoms with Gasteiger partial charge in [-0.2, -0.15) is 11.8 Å². The van der Waals surface area contributed by atoms with Gasteiger partial charge in [0, 0.05) is 17.8 Å². The monoisotopic (exact) mass is 215 g/mol. The minimum Gasteiger partial charge on any atom is -0.310 e. The summed E-state index contributed by atoms with van der Waals surface area (Å²) in [6, 6.07) is 1.56. The maximum Gasteiger partial charge on any atom is 0.0168 e. The second-order valence-electron chi connectivity index (χ2n) is 4.58. The maximum absolute atomic E-state index is 3.81. The molecule has 0 bridgehead atoms. The third-order valence-corrected chi connectivity index (χ3v) is 4.44. The molecule has 1 fully saturated rings. The summed E-state index contributed by atoms with van der Waals surface area (Å²) >= 11 is 2.10. The molecule has 0 aromatic heterocycles. The summed E-state index contributed by atoms with van der Waals surface area (Å²) in [5.41, 5.74) is 0. The smallest absolute Gasteiger partial charge is 0.0168 e. The average molecular weight is 215 g/mol. The van der Waals surface area contributed by atoms with Crippen molar-refractivity contribution in [3.63, 3.8) is 0 Å². The Morgan fingerprint density at radius 2 is 2.14 bits per heavy atom. The molecular weight excluding hydrogens is 190 g/mol. The second-order valence-corrected chi connectivity index (χ2v) is 5.73. The molecule has 1 heterocycles. The predicted molar refractivity (Wildman–Crippen MR) is 67.0 cm³/mol. The van der Waals surface area contributed by atoms with E-state index >= 15 is 0 Å². The molecule has 0 spiro atoms. The fourth-order valence-corrected chi connectivity index (χ4v) is 3.17. The standard InChI is InChI=1S/C12H25NS/c1-4-10(3)8-11(5-2)13-12-6-7-14-9-12/h10-13H,4-9H2,1-3H3. The van der Waals surface area contributed by atoms with Gasteiger partial charge in [0.15, 0.2) is 0 Å². The summed E-state index contributed by atoms with van der Waals surface area (Å²) < 4.78 is 0. The number of hydrogen-bond donors (Lipinski definition) is 1. The summed E-state index contributed by atoms with van der Waals surface area (Å²) in [6.45, 7) is 6.97. The molecule has 1 N–H and O–H groups in total. The van der Waals surface area contributed by atoms with Crippen LogP contribution in [0.4, 0.5) is 0 Å². The van der Waals surface area contributed by atoms with Crippen molar-refractivity contribution in [3.05, 3.63) is 0 Å². The largest absolute Gasteiger partial charge is 0.310 e. The van der Waals surface area contributed by atoms with Crippen molar-refractivity contribution in [2.75, 3.05) is 11.5 Å². The molecule has 84 valence electrons. The molecule has 14 heavy (non-hydrogen) atoms. The second kappa shape index (κ2) is 6.73. The first-order valence-corrected chi connectivity index (χ1v) is 7.25. The van der Waals surface area contributed by atoms with E-state index in [1.54, 1.807) is 0 Å². The Balaban J connectivity index is 2.22. The van der Waals surface area contributed by atoms with Crippen LogP contribution in [0.5, 0.6) is 0 Å². The minimum atomic E-state index is 0.758. The van der Waals surface area contributed by atoms with Crippen LogP contribution in [0.1, 0.15) is 46.5 Å². The van der Waals surface area contributed by atoms with E-state index in [0.717, 1.165) is 18.0 Å². The van der Waals surface area contributed by atoms with Crippen LogP contribution in [0.15, 0.2) is 0 Å². The average Bonchev–Trinajstić information content (AvgIpc) is 2.69. The molecule has 1 saturated heterocycles. The van der Waals surface area contributed by atoms with E-state index < -0.39 is 0 Å². The molecule has 0 amide bonds. The fraction of sp³-hybridized carbons (Fsp3) is 1.00. The zero-order valence-corrected chi connectivity index (χ0v) is 10.7. The zero-order chi connectivity index (χ0) is 10.4. The first kappa shape index (κ1) is 12.4. The van der Waals surface area contributed by atoms with Gasteiger partial charge in [-0.15, -0.1) is 0 Å². The van der Waals surface area contributed by atoms with E-state index in [1.165, 1.54) is 37.2 Å². The Labute approximate surface area is 93.4 Å². The van der Waals surface area contributed by atoms with Crippen LogP contribution >= 0.6 is 11.8 Å². The Bertz CT molecular complexity index is 143. The van der Waals surface area contributed by atoms with Crippen molar-refractivity contribution in [2.45, 2.75) is 58.5 Å². The summed E-state index contributed by atoms with van der Waals surface area (Å²) in [5, 5.41) is 3.81. The van der Waals surface area contributed by atoms with Crippen LogP contribution in [0.2, 0.25) is 0 Å². The molecule has 0 aromatic carbocycles. The Kier molecular flexibility index (Phi) is 5.95. The molecule has 3 unspecified atom stereocenters. The lowest BCUT2D eigenvalue weighted by atomic mass is 9.97. The summed E-state index contributed by atoms with van der Waals surface area (Å²) in [5.74, 6) is 3.57. The lowest BCUT2D eigenvalue weighted by Crippen LogP contribution is -2.38. The van der Waals surface area contributed by atoms with Crippen LogP contribution in [0.25, 0.3) is 0 Å². The summed E-state index contributed by atoms with van der Waals surface area (Å²) in [4.78, 5) is 0. The van der Waals surface area contributed by atoms with Gasteiger partial charge in [-0.1, -0.05) is 27.2 Å². The summed E-state index contributed by atoms with van der Waals surface area (Å²) in [7, 11) is 0. The normalized spacial score (nSPS) is 26.4. The van der Waals surface area contributed by atoms with Gasteiger partial charge in [0.2, 0.25) is 0 Å². The van der Waals surface area contributed by atoms with Gasteiger partial charge in [-0.3, -0.25) is 0 Å². The van der Waals surface area contributed by atoms with E-state index in [2.05, 4.69) is 37.8 Å². The SMILES string of the molecule is CCC(C)CC(CC)NC1CCSC1. The molecule has 0 radical (unpaired) electrons. The molecule has 2 heteroatoms. The quantitative estimate of drug-likeness (QED) is 0.729. The van der Waals surface area contributed by atoms with E-state index in [9.17, 15) is 0 Å². The molecule has 1 aliphatic rings. The van der Waals surface area contributed by atoms with E-state index in [4.69, 9.17) is 0 Å². The highest BCUT2D eigenvalue weighted by Gasteiger charge is 2.19. The first-order chi connectivity index (χ1) is 6.76.